The van der Waals surface area contributed by atoms with Crippen molar-refractivity contribution in [2.75, 3.05) is 0 Å². The maximum Gasteiger partial charge on any atom is 0.394 e. The zero-order chi connectivity index (χ0) is 17.1. The minimum absolute atomic E-state index is 1.15. The summed E-state index contributed by atoms with van der Waals surface area (Å²) in [6.07, 6.45) is 22.9. The molecule has 0 saturated heterocycles. The molecule has 0 spiro atoms. The first kappa shape index (κ1) is 22.9. The molecule has 0 fully saturated rings. The summed E-state index contributed by atoms with van der Waals surface area (Å²) in [7, 11) is -4.67. The fraction of sp³-hybridized carbons (Fsp3) is 0.500. The third-order valence-electron chi connectivity index (χ3n) is 2.26. The molecule has 0 atom stereocenters. The molecular weight excluding hydrogens is 304 g/mol. The van der Waals surface area contributed by atoms with E-state index in [1.54, 1.807) is 12.5 Å². The second kappa shape index (κ2) is 17.7. The van der Waals surface area contributed by atoms with Crippen LogP contribution in [0, 0.1) is 0 Å². The third kappa shape index (κ3) is 36.3. The van der Waals surface area contributed by atoms with E-state index in [-0.39, 0.29) is 0 Å². The molecule has 6 heteroatoms. The van der Waals surface area contributed by atoms with Crippen LogP contribution in [0.15, 0.2) is 49.0 Å². The molecule has 0 bridgehead atoms. The summed E-state index contributed by atoms with van der Waals surface area (Å²) < 4.78 is 36.8. The van der Waals surface area contributed by atoms with E-state index < -0.39 is 10.4 Å². The molecule has 0 aliphatic heterocycles. The van der Waals surface area contributed by atoms with Crippen molar-refractivity contribution in [2.24, 2.45) is 0 Å². The summed E-state index contributed by atoms with van der Waals surface area (Å²) in [6, 6.07) is 0. The predicted octanol–water partition coefficient (Wildman–Crippen LogP) is 4.87. The quantitative estimate of drug-likeness (QED) is 0.258. The maximum atomic E-state index is 8.74. The summed E-state index contributed by atoms with van der Waals surface area (Å²) in [6.45, 7) is 4.40. The van der Waals surface area contributed by atoms with E-state index in [9.17, 15) is 0 Å². The van der Waals surface area contributed by atoms with Gasteiger partial charge in [-0.15, -0.1) is 0 Å². The van der Waals surface area contributed by atoms with Crippen LogP contribution >= 0.6 is 0 Å². The van der Waals surface area contributed by atoms with Crippen molar-refractivity contribution in [1.82, 2.24) is 0 Å². The van der Waals surface area contributed by atoms with Crippen LogP contribution in [0.1, 0.15) is 52.4 Å². The van der Waals surface area contributed by atoms with Gasteiger partial charge in [0.2, 0.25) is 0 Å². The van der Waals surface area contributed by atoms with Gasteiger partial charge < -0.3 is 4.74 Å². The molecule has 0 rings (SSSR count). The van der Waals surface area contributed by atoms with Crippen molar-refractivity contribution in [3.05, 3.63) is 49.0 Å². The van der Waals surface area contributed by atoms with Crippen molar-refractivity contribution in [2.45, 2.75) is 52.4 Å². The summed E-state index contributed by atoms with van der Waals surface area (Å²) in [4.78, 5) is 0. The van der Waals surface area contributed by atoms with Crippen molar-refractivity contribution < 1.29 is 22.3 Å². The molecular formula is C16H28O5S. The molecule has 5 nitrogen and oxygen atoms in total. The highest BCUT2D eigenvalue weighted by molar-refractivity contribution is 7.79. The molecule has 0 aliphatic carbocycles. The first-order chi connectivity index (χ1) is 10.4. The molecule has 0 aliphatic rings. The van der Waals surface area contributed by atoms with Gasteiger partial charge in [0.15, 0.2) is 0 Å². The van der Waals surface area contributed by atoms with Gasteiger partial charge >= 0.3 is 10.4 Å². The average Bonchev–Trinajstić information content (AvgIpc) is 2.42. The lowest BCUT2D eigenvalue weighted by molar-refractivity contribution is 0.381. The Bertz CT molecular complexity index is 399. The monoisotopic (exact) mass is 332 g/mol. The molecule has 0 amide bonds. The number of unbranched alkanes of at least 4 members (excludes halogenated alkanes) is 4. The average molecular weight is 332 g/mol. The van der Waals surface area contributed by atoms with E-state index in [4.69, 9.17) is 22.3 Å². The summed E-state index contributed by atoms with van der Waals surface area (Å²) in [5, 5.41) is 0. The summed E-state index contributed by atoms with van der Waals surface area (Å²) >= 11 is 0. The second-order valence-corrected chi connectivity index (χ2v) is 5.28. The van der Waals surface area contributed by atoms with Crippen LogP contribution in [0.5, 0.6) is 0 Å². The normalized spacial score (nSPS) is 12.4. The van der Waals surface area contributed by atoms with E-state index in [2.05, 4.69) is 26.0 Å². The molecule has 0 aromatic heterocycles. The number of ether oxygens (including phenoxy) is 1. The Morgan fingerprint density at radius 2 is 1.18 bits per heavy atom. The maximum absolute atomic E-state index is 8.74. The SMILES string of the molecule is CCCCC=CC=COC=CC=CCCCC.O=S(=O)(O)O. The van der Waals surface area contributed by atoms with E-state index in [0.29, 0.717) is 0 Å². The Morgan fingerprint density at radius 3 is 1.50 bits per heavy atom. The fourth-order valence-corrected chi connectivity index (χ4v) is 1.22. The van der Waals surface area contributed by atoms with Crippen molar-refractivity contribution in [3.63, 3.8) is 0 Å². The van der Waals surface area contributed by atoms with E-state index in [0.717, 1.165) is 12.8 Å². The first-order valence-electron chi connectivity index (χ1n) is 7.40. The third-order valence-corrected chi connectivity index (χ3v) is 2.26. The lowest BCUT2D eigenvalue weighted by atomic mass is 10.2. The zero-order valence-corrected chi connectivity index (χ0v) is 14.2. The largest absolute Gasteiger partial charge is 0.473 e. The van der Waals surface area contributed by atoms with Crippen molar-refractivity contribution >= 4 is 10.4 Å². The fourth-order valence-electron chi connectivity index (χ4n) is 1.22. The van der Waals surface area contributed by atoms with Gasteiger partial charge in [0.05, 0.1) is 12.5 Å². The van der Waals surface area contributed by atoms with E-state index in [1.807, 2.05) is 24.3 Å². The van der Waals surface area contributed by atoms with Crippen molar-refractivity contribution in [1.29, 1.82) is 0 Å². The van der Waals surface area contributed by atoms with Gasteiger partial charge in [-0.2, -0.15) is 8.42 Å². The Balaban J connectivity index is 0. The number of hydrogen-bond acceptors (Lipinski definition) is 3. The van der Waals surface area contributed by atoms with Gasteiger partial charge in [0.25, 0.3) is 0 Å². The van der Waals surface area contributed by atoms with Gasteiger partial charge in [-0.1, -0.05) is 63.8 Å². The van der Waals surface area contributed by atoms with Crippen LogP contribution in [0.2, 0.25) is 0 Å². The van der Waals surface area contributed by atoms with Gasteiger partial charge in [0, 0.05) is 0 Å². The summed E-state index contributed by atoms with van der Waals surface area (Å²) in [5.41, 5.74) is 0. The highest BCUT2D eigenvalue weighted by Gasteiger charge is 1.84. The Morgan fingerprint density at radius 1 is 0.818 bits per heavy atom. The molecule has 0 heterocycles. The van der Waals surface area contributed by atoms with Crippen LogP contribution < -0.4 is 0 Å². The van der Waals surface area contributed by atoms with Gasteiger partial charge in [-0.3, -0.25) is 9.11 Å². The molecule has 0 aromatic rings. The predicted molar refractivity (Wildman–Crippen MR) is 90.9 cm³/mol. The smallest absolute Gasteiger partial charge is 0.394 e. The first-order valence-corrected chi connectivity index (χ1v) is 8.80. The minimum Gasteiger partial charge on any atom is -0.473 e. The molecule has 128 valence electrons. The van der Waals surface area contributed by atoms with Crippen LogP contribution in [0.25, 0.3) is 0 Å². The molecule has 0 saturated carbocycles. The van der Waals surface area contributed by atoms with Gasteiger partial charge in [-0.05, 0) is 25.0 Å². The number of allylic oxidation sites excluding steroid dienone is 6. The molecule has 2 N–H and O–H groups in total. The van der Waals surface area contributed by atoms with E-state index >= 15 is 0 Å². The Hall–Kier alpha value is -1.37. The number of rotatable bonds is 10. The topological polar surface area (TPSA) is 83.8 Å². The van der Waals surface area contributed by atoms with E-state index in [1.165, 1.54) is 25.7 Å². The second-order valence-electron chi connectivity index (χ2n) is 4.38. The molecule has 0 unspecified atom stereocenters. The molecule has 22 heavy (non-hydrogen) atoms. The lowest BCUT2D eigenvalue weighted by Crippen LogP contribution is -1.89. The zero-order valence-electron chi connectivity index (χ0n) is 13.4. The highest BCUT2D eigenvalue weighted by atomic mass is 32.3. The lowest BCUT2D eigenvalue weighted by Gasteiger charge is -1.88. The van der Waals surface area contributed by atoms with Crippen LogP contribution in [-0.2, 0) is 15.1 Å². The van der Waals surface area contributed by atoms with Gasteiger partial charge in [0.1, 0.15) is 0 Å². The van der Waals surface area contributed by atoms with Crippen molar-refractivity contribution in [3.8, 4) is 0 Å². The minimum atomic E-state index is -4.67. The van der Waals surface area contributed by atoms with Gasteiger partial charge in [-0.25, -0.2) is 0 Å². The van der Waals surface area contributed by atoms with Crippen LogP contribution in [-0.4, -0.2) is 17.5 Å². The molecule has 0 aromatic carbocycles. The van der Waals surface area contributed by atoms with Crippen LogP contribution in [0.3, 0.4) is 0 Å². The Kier molecular flexibility index (Phi) is 18.4. The summed E-state index contributed by atoms with van der Waals surface area (Å²) in [5.74, 6) is 0. The Labute approximate surface area is 134 Å². The molecule has 0 radical (unpaired) electrons. The highest BCUT2D eigenvalue weighted by Crippen LogP contribution is 1.96. The van der Waals surface area contributed by atoms with Crippen LogP contribution in [0.4, 0.5) is 0 Å². The standard InChI is InChI=1S/C16H26O.H2O4S/c1-3-5-7-9-11-13-15-17-16-14-12-10-8-6-4-2;1-5(2,3)4/h9-16H,3-8H2,1-2H3;(H2,1,2,3,4). The number of hydrogen-bond donors (Lipinski definition) is 2.